The summed E-state index contributed by atoms with van der Waals surface area (Å²) in [7, 11) is 0. The van der Waals surface area contributed by atoms with Crippen LogP contribution in [0, 0.1) is 0 Å². The van der Waals surface area contributed by atoms with Gasteiger partial charge >= 0.3 is 0 Å². The summed E-state index contributed by atoms with van der Waals surface area (Å²) in [6.07, 6.45) is 7.78. The van der Waals surface area contributed by atoms with E-state index in [1.54, 1.807) is 0 Å². The van der Waals surface area contributed by atoms with Gasteiger partial charge in [0, 0.05) is 73.3 Å². The van der Waals surface area contributed by atoms with Gasteiger partial charge in [0.25, 0.3) is 5.91 Å². The molecule has 1 unspecified atom stereocenters. The third-order valence-corrected chi connectivity index (χ3v) is 9.17. The smallest absolute Gasteiger partial charge is 0.254 e. The number of anilines is 1. The molecule has 3 aliphatic rings. The van der Waals surface area contributed by atoms with Crippen LogP contribution in [-0.2, 0) is 0 Å². The molecule has 1 atom stereocenters. The molecule has 7 heteroatoms. The molecule has 0 aromatic heterocycles. The van der Waals surface area contributed by atoms with Crippen LogP contribution in [0.4, 0.5) is 5.69 Å². The number of fused-ring (bicyclic) bond motifs is 2. The number of benzene rings is 2. The Balaban J connectivity index is 1.57. The summed E-state index contributed by atoms with van der Waals surface area (Å²) in [5, 5.41) is 0. The number of likely N-dealkylation sites (N-methyl/N-ethyl adjacent to an activating group) is 1. The standard InChI is InChI=1S/C35H46N4O2S/c1-5-37(6-2)26-14-16-30-32(24-26)41-33-25-27(38(7-3)8-4)15-17-31(33)34(30)28-12-9-10-13-29(28)35(40)39-21-19-36(20-22-39)18-11-23-42/h9-10,12-17,24-26,42H,5-8,11,18-23H2,1-4H3. The molecule has 0 bridgehead atoms. The summed E-state index contributed by atoms with van der Waals surface area (Å²) in [6, 6.07) is 14.8. The van der Waals surface area contributed by atoms with Crippen molar-refractivity contribution in [2.45, 2.75) is 40.2 Å². The number of rotatable bonds is 11. The third kappa shape index (κ3) is 6.19. The zero-order valence-electron chi connectivity index (χ0n) is 25.7. The van der Waals surface area contributed by atoms with Gasteiger partial charge in [0.15, 0.2) is 0 Å². The Morgan fingerprint density at radius 3 is 2.38 bits per heavy atom. The summed E-state index contributed by atoms with van der Waals surface area (Å²) in [4.78, 5) is 23.3. The summed E-state index contributed by atoms with van der Waals surface area (Å²) in [6.45, 7) is 16.9. The Kier molecular flexibility index (Phi) is 10.1. The molecule has 6 nitrogen and oxygen atoms in total. The third-order valence-electron chi connectivity index (χ3n) is 8.85. The van der Waals surface area contributed by atoms with Crippen LogP contribution in [0.2, 0.25) is 0 Å². The van der Waals surface area contributed by atoms with Gasteiger partial charge in [-0.1, -0.05) is 44.2 Å². The number of nitrogens with zero attached hydrogens (tertiary/aromatic N) is 4. The first kappa shape index (κ1) is 30.5. The van der Waals surface area contributed by atoms with Crippen molar-refractivity contribution >= 4 is 29.8 Å². The number of ether oxygens (including phenoxy) is 1. The molecule has 0 spiro atoms. The van der Waals surface area contributed by atoms with E-state index in [0.717, 1.165) is 116 Å². The lowest BCUT2D eigenvalue weighted by Crippen LogP contribution is -2.49. The lowest BCUT2D eigenvalue weighted by molar-refractivity contribution is 0.0637. The molecule has 2 aromatic carbocycles. The van der Waals surface area contributed by atoms with Crippen molar-refractivity contribution in [2.75, 3.05) is 69.6 Å². The van der Waals surface area contributed by atoms with Gasteiger partial charge in [-0.2, -0.15) is 12.6 Å². The maximum atomic E-state index is 14.1. The molecule has 42 heavy (non-hydrogen) atoms. The predicted octanol–water partition coefficient (Wildman–Crippen LogP) is 5.97. The number of hydrogen-bond acceptors (Lipinski definition) is 6. The van der Waals surface area contributed by atoms with E-state index < -0.39 is 0 Å². The first-order valence-corrected chi connectivity index (χ1v) is 16.3. The van der Waals surface area contributed by atoms with Crippen molar-refractivity contribution in [3.8, 4) is 5.75 Å². The lowest BCUT2D eigenvalue weighted by Gasteiger charge is -2.35. The molecule has 1 saturated heterocycles. The fraction of sp³-hybridized carbons (Fsp3) is 0.457. The maximum absolute atomic E-state index is 14.1. The number of hydrogen-bond donors (Lipinski definition) is 1. The summed E-state index contributed by atoms with van der Waals surface area (Å²) in [5.41, 5.74) is 6.00. The molecular formula is C35H46N4O2S. The fourth-order valence-corrected chi connectivity index (χ4v) is 6.55. The molecule has 0 N–H and O–H groups in total. The van der Waals surface area contributed by atoms with Crippen molar-refractivity contribution in [1.82, 2.24) is 14.7 Å². The number of amides is 1. The van der Waals surface area contributed by atoms with Gasteiger partial charge in [-0.15, -0.1) is 0 Å². The minimum Gasteiger partial charge on any atom is -0.456 e. The first-order valence-electron chi connectivity index (χ1n) is 15.7. The number of piperazine rings is 1. The van der Waals surface area contributed by atoms with Crippen LogP contribution in [0.25, 0.3) is 5.57 Å². The van der Waals surface area contributed by atoms with Crippen molar-refractivity contribution in [3.63, 3.8) is 0 Å². The molecular weight excluding hydrogens is 540 g/mol. The molecule has 2 aromatic rings. The molecule has 1 aliphatic carbocycles. The average molecular weight is 587 g/mol. The summed E-state index contributed by atoms with van der Waals surface area (Å²) < 4.78 is 6.69. The van der Waals surface area contributed by atoms with E-state index in [4.69, 9.17) is 4.74 Å². The van der Waals surface area contributed by atoms with Crippen molar-refractivity contribution in [1.29, 1.82) is 0 Å². The molecule has 2 aliphatic heterocycles. The van der Waals surface area contributed by atoms with E-state index in [1.807, 2.05) is 23.1 Å². The highest BCUT2D eigenvalue weighted by Gasteiger charge is 2.32. The normalized spacial score (nSPS) is 18.5. The van der Waals surface area contributed by atoms with Gasteiger partial charge in [-0.3, -0.25) is 14.6 Å². The Morgan fingerprint density at radius 2 is 1.69 bits per heavy atom. The summed E-state index contributed by atoms with van der Waals surface area (Å²) in [5.74, 6) is 2.71. The lowest BCUT2D eigenvalue weighted by atomic mass is 9.84. The average Bonchev–Trinajstić information content (AvgIpc) is 3.03. The second-order valence-corrected chi connectivity index (χ2v) is 11.5. The van der Waals surface area contributed by atoms with Gasteiger partial charge in [-0.05, 0) is 75.5 Å². The van der Waals surface area contributed by atoms with Crippen LogP contribution in [0.15, 0.2) is 72.0 Å². The van der Waals surface area contributed by atoms with Crippen LogP contribution in [0.1, 0.15) is 55.6 Å². The van der Waals surface area contributed by atoms with Crippen molar-refractivity contribution in [3.05, 3.63) is 88.7 Å². The minimum absolute atomic E-state index is 0.103. The topological polar surface area (TPSA) is 39.3 Å². The van der Waals surface area contributed by atoms with Crippen molar-refractivity contribution in [2.24, 2.45) is 0 Å². The van der Waals surface area contributed by atoms with E-state index >= 15 is 0 Å². The Morgan fingerprint density at radius 1 is 0.952 bits per heavy atom. The quantitative estimate of drug-likeness (QED) is 0.329. The predicted molar refractivity (Wildman–Crippen MR) is 178 cm³/mol. The number of carbonyl (C=O) groups is 1. The Labute approximate surface area is 257 Å². The largest absolute Gasteiger partial charge is 0.456 e. The van der Waals surface area contributed by atoms with Gasteiger partial charge in [-0.25, -0.2) is 0 Å². The molecule has 1 fully saturated rings. The van der Waals surface area contributed by atoms with E-state index in [2.05, 4.69) is 97.5 Å². The maximum Gasteiger partial charge on any atom is 0.254 e. The molecule has 1 amide bonds. The monoisotopic (exact) mass is 586 g/mol. The SMILES string of the molecule is CCN(CC)c1ccc2c(c1)OC1=CC(N(CC)CC)C=CC1=C2c1ccccc1C(=O)N1CCN(CCCS)CC1. The zero-order chi connectivity index (χ0) is 29.6. The second kappa shape index (κ2) is 14.0. The highest BCUT2D eigenvalue weighted by Crippen LogP contribution is 2.45. The molecule has 5 rings (SSSR count). The Hall–Kier alpha value is -3.00. The molecule has 224 valence electrons. The highest BCUT2D eigenvalue weighted by atomic mass is 32.1. The van der Waals surface area contributed by atoms with Crippen LogP contribution >= 0.6 is 12.6 Å². The molecule has 2 heterocycles. The number of allylic oxidation sites excluding steroid dienone is 1. The highest BCUT2D eigenvalue weighted by molar-refractivity contribution is 7.80. The van der Waals surface area contributed by atoms with Crippen LogP contribution in [0.3, 0.4) is 0 Å². The van der Waals surface area contributed by atoms with Crippen LogP contribution in [-0.4, -0.2) is 91.3 Å². The van der Waals surface area contributed by atoms with Gasteiger partial charge in [0.05, 0.1) is 6.04 Å². The van der Waals surface area contributed by atoms with Gasteiger partial charge in [0.2, 0.25) is 0 Å². The minimum atomic E-state index is 0.103. The summed E-state index contributed by atoms with van der Waals surface area (Å²) >= 11 is 4.36. The Bertz CT molecular complexity index is 1350. The van der Waals surface area contributed by atoms with Gasteiger partial charge in [0.1, 0.15) is 11.5 Å². The van der Waals surface area contributed by atoms with E-state index in [0.29, 0.717) is 0 Å². The fourth-order valence-electron chi connectivity index (χ4n) is 6.41. The van der Waals surface area contributed by atoms with Gasteiger partial charge < -0.3 is 14.5 Å². The van der Waals surface area contributed by atoms with E-state index in [9.17, 15) is 4.79 Å². The van der Waals surface area contributed by atoms with E-state index in [-0.39, 0.29) is 11.9 Å². The zero-order valence-corrected chi connectivity index (χ0v) is 26.6. The molecule has 0 radical (unpaired) electrons. The first-order chi connectivity index (χ1) is 20.5. The number of thiol groups is 1. The van der Waals surface area contributed by atoms with E-state index in [1.165, 1.54) is 0 Å². The number of carbonyl (C=O) groups excluding carboxylic acids is 1. The molecule has 0 saturated carbocycles. The second-order valence-electron chi connectivity index (χ2n) is 11.1. The van der Waals surface area contributed by atoms with Crippen molar-refractivity contribution < 1.29 is 9.53 Å². The van der Waals surface area contributed by atoms with Crippen LogP contribution in [0.5, 0.6) is 5.75 Å². The van der Waals surface area contributed by atoms with Crippen LogP contribution < -0.4 is 9.64 Å².